The summed E-state index contributed by atoms with van der Waals surface area (Å²) in [6.45, 7) is 0.666. The van der Waals surface area contributed by atoms with Crippen LogP contribution in [0, 0.1) is 5.92 Å². The number of aromatic nitrogens is 1. The van der Waals surface area contributed by atoms with E-state index in [-0.39, 0.29) is 5.76 Å². The number of carboxylic acid groups (broad SMARTS) is 1. The number of carboxylic acids is 1. The minimum absolute atomic E-state index is 0.193. The highest BCUT2D eigenvalue weighted by atomic mass is 16.5. The van der Waals surface area contributed by atoms with E-state index in [4.69, 9.17) is 19.1 Å². The molecule has 1 aromatic heterocycles. The lowest BCUT2D eigenvalue weighted by Gasteiger charge is -2.11. The molecule has 1 aliphatic carbocycles. The van der Waals surface area contributed by atoms with Gasteiger partial charge in [-0.3, -0.25) is 0 Å². The Balaban J connectivity index is 1.86. The summed E-state index contributed by atoms with van der Waals surface area (Å²) in [7, 11) is 1.58. The second-order valence-corrected chi connectivity index (χ2v) is 5.00. The lowest BCUT2D eigenvalue weighted by Crippen LogP contribution is -2.01. The van der Waals surface area contributed by atoms with Crippen LogP contribution in [0.4, 0.5) is 0 Å². The van der Waals surface area contributed by atoms with Crippen LogP contribution in [0.3, 0.4) is 0 Å². The fourth-order valence-electron chi connectivity index (χ4n) is 1.95. The van der Waals surface area contributed by atoms with E-state index in [1.807, 2.05) is 0 Å². The normalized spacial score (nSPS) is 14.0. The average Bonchev–Trinajstić information content (AvgIpc) is 3.18. The molecule has 0 spiro atoms. The van der Waals surface area contributed by atoms with Gasteiger partial charge in [0.05, 0.1) is 13.7 Å². The lowest BCUT2D eigenvalue weighted by molar-refractivity contribution is 0.0652. The van der Waals surface area contributed by atoms with Gasteiger partial charge in [-0.1, -0.05) is 5.16 Å². The van der Waals surface area contributed by atoms with Gasteiger partial charge in [0.15, 0.2) is 11.5 Å². The summed E-state index contributed by atoms with van der Waals surface area (Å²) in [5, 5.41) is 12.6. The van der Waals surface area contributed by atoms with Crippen molar-refractivity contribution in [3.63, 3.8) is 0 Å². The zero-order valence-electron chi connectivity index (χ0n) is 11.5. The number of methoxy groups -OCH3 is 1. The molecule has 2 aromatic rings. The third-order valence-corrected chi connectivity index (χ3v) is 3.35. The molecule has 1 aliphatic rings. The molecule has 0 amide bonds. The molecule has 0 radical (unpaired) electrons. The van der Waals surface area contributed by atoms with Gasteiger partial charge in [-0.15, -0.1) is 0 Å². The molecular formula is C15H15NO5. The highest BCUT2D eigenvalue weighted by Crippen LogP contribution is 2.35. The first-order chi connectivity index (χ1) is 10.2. The Morgan fingerprint density at radius 3 is 2.81 bits per heavy atom. The average molecular weight is 289 g/mol. The molecule has 0 aliphatic heterocycles. The van der Waals surface area contributed by atoms with Crippen molar-refractivity contribution in [2.45, 2.75) is 12.8 Å². The van der Waals surface area contributed by atoms with Crippen LogP contribution in [0.1, 0.15) is 23.4 Å². The number of hydrogen-bond donors (Lipinski definition) is 1. The van der Waals surface area contributed by atoms with E-state index in [2.05, 4.69) is 5.16 Å². The Labute approximate surface area is 121 Å². The van der Waals surface area contributed by atoms with Gasteiger partial charge in [-0.25, -0.2) is 4.79 Å². The SMILES string of the molecule is COc1ccc(-c2cc(C(=O)O)on2)cc1OCC1CC1. The Hall–Kier alpha value is -2.50. The van der Waals surface area contributed by atoms with Gasteiger partial charge in [-0.2, -0.15) is 0 Å². The van der Waals surface area contributed by atoms with Crippen LogP contribution in [0.5, 0.6) is 11.5 Å². The van der Waals surface area contributed by atoms with Crippen LogP contribution in [-0.4, -0.2) is 29.9 Å². The van der Waals surface area contributed by atoms with Gasteiger partial charge in [-0.05, 0) is 37.0 Å². The molecular weight excluding hydrogens is 274 g/mol. The van der Waals surface area contributed by atoms with Gasteiger partial charge < -0.3 is 19.1 Å². The number of nitrogens with zero attached hydrogens (tertiary/aromatic N) is 1. The maximum atomic E-state index is 10.8. The minimum atomic E-state index is -1.15. The van der Waals surface area contributed by atoms with Crippen molar-refractivity contribution in [3.8, 4) is 22.8 Å². The third-order valence-electron chi connectivity index (χ3n) is 3.35. The molecule has 1 aromatic carbocycles. The highest BCUT2D eigenvalue weighted by Gasteiger charge is 2.23. The largest absolute Gasteiger partial charge is 0.493 e. The Morgan fingerprint density at radius 1 is 1.38 bits per heavy atom. The van der Waals surface area contributed by atoms with E-state index in [1.165, 1.54) is 18.9 Å². The Bertz CT molecular complexity index is 660. The topological polar surface area (TPSA) is 81.8 Å². The van der Waals surface area contributed by atoms with Crippen molar-refractivity contribution in [1.29, 1.82) is 0 Å². The van der Waals surface area contributed by atoms with Gasteiger partial charge in [0, 0.05) is 11.6 Å². The molecule has 0 atom stereocenters. The van der Waals surface area contributed by atoms with Gasteiger partial charge >= 0.3 is 5.97 Å². The summed E-state index contributed by atoms with van der Waals surface area (Å²) < 4.78 is 15.8. The fraction of sp³-hybridized carbons (Fsp3) is 0.333. The number of carbonyl (C=O) groups is 1. The molecule has 6 heteroatoms. The summed E-state index contributed by atoms with van der Waals surface area (Å²) in [5.41, 5.74) is 1.17. The summed E-state index contributed by atoms with van der Waals surface area (Å²) >= 11 is 0. The molecule has 1 fully saturated rings. The van der Waals surface area contributed by atoms with E-state index >= 15 is 0 Å². The highest BCUT2D eigenvalue weighted by molar-refractivity contribution is 5.85. The second-order valence-electron chi connectivity index (χ2n) is 5.00. The summed E-state index contributed by atoms with van der Waals surface area (Å²) in [5.74, 6) is 0.556. The van der Waals surface area contributed by atoms with Crippen molar-refractivity contribution in [2.75, 3.05) is 13.7 Å². The van der Waals surface area contributed by atoms with E-state index in [1.54, 1.807) is 25.3 Å². The third kappa shape index (κ3) is 2.99. The van der Waals surface area contributed by atoms with Gasteiger partial charge in [0.1, 0.15) is 5.69 Å². The van der Waals surface area contributed by atoms with Crippen LogP contribution >= 0.6 is 0 Å². The van der Waals surface area contributed by atoms with Crippen molar-refractivity contribution in [1.82, 2.24) is 5.16 Å². The van der Waals surface area contributed by atoms with Crippen molar-refractivity contribution in [2.24, 2.45) is 5.92 Å². The molecule has 3 rings (SSSR count). The van der Waals surface area contributed by atoms with Crippen LogP contribution in [0.15, 0.2) is 28.8 Å². The molecule has 6 nitrogen and oxygen atoms in total. The predicted molar refractivity (Wildman–Crippen MR) is 73.7 cm³/mol. The van der Waals surface area contributed by atoms with Crippen molar-refractivity contribution >= 4 is 5.97 Å². The lowest BCUT2D eigenvalue weighted by atomic mass is 10.1. The fourth-order valence-corrected chi connectivity index (χ4v) is 1.95. The first kappa shape index (κ1) is 13.5. The second kappa shape index (κ2) is 5.47. The maximum Gasteiger partial charge on any atom is 0.374 e. The molecule has 1 saturated carbocycles. The summed E-state index contributed by atoms with van der Waals surface area (Å²) in [6, 6.07) is 6.72. The van der Waals surface area contributed by atoms with Crippen molar-refractivity contribution < 1.29 is 23.9 Å². The number of aromatic carboxylic acids is 1. The van der Waals surface area contributed by atoms with Gasteiger partial charge in [0.2, 0.25) is 5.76 Å². The maximum absolute atomic E-state index is 10.8. The zero-order chi connectivity index (χ0) is 14.8. The summed E-state index contributed by atoms with van der Waals surface area (Å²) in [4.78, 5) is 10.8. The molecule has 0 unspecified atom stereocenters. The van der Waals surface area contributed by atoms with Crippen LogP contribution in [0.25, 0.3) is 11.3 Å². The Morgan fingerprint density at radius 2 is 2.19 bits per heavy atom. The first-order valence-corrected chi connectivity index (χ1v) is 6.68. The van der Waals surface area contributed by atoms with E-state index in [0.29, 0.717) is 29.7 Å². The molecule has 1 N–H and O–H groups in total. The van der Waals surface area contributed by atoms with Crippen LogP contribution in [0.2, 0.25) is 0 Å². The molecule has 21 heavy (non-hydrogen) atoms. The quantitative estimate of drug-likeness (QED) is 0.880. The van der Waals surface area contributed by atoms with Gasteiger partial charge in [0.25, 0.3) is 0 Å². The smallest absolute Gasteiger partial charge is 0.374 e. The predicted octanol–water partition coefficient (Wildman–Crippen LogP) is 2.84. The van der Waals surface area contributed by atoms with Crippen molar-refractivity contribution in [3.05, 3.63) is 30.0 Å². The van der Waals surface area contributed by atoms with E-state index in [9.17, 15) is 4.79 Å². The number of rotatable bonds is 6. The van der Waals surface area contributed by atoms with Crippen LogP contribution in [-0.2, 0) is 0 Å². The molecule has 0 bridgehead atoms. The zero-order valence-corrected chi connectivity index (χ0v) is 11.5. The number of ether oxygens (including phenoxy) is 2. The number of benzene rings is 1. The summed E-state index contributed by atoms with van der Waals surface area (Å²) in [6.07, 6.45) is 2.40. The van der Waals surface area contributed by atoms with E-state index in [0.717, 1.165) is 5.56 Å². The molecule has 110 valence electrons. The number of hydrogen-bond acceptors (Lipinski definition) is 5. The molecule has 0 saturated heterocycles. The molecule has 1 heterocycles. The first-order valence-electron chi connectivity index (χ1n) is 6.68. The standard InChI is InChI=1S/C15H15NO5/c1-19-12-5-4-10(6-13(12)20-8-9-2-3-9)11-7-14(15(17)18)21-16-11/h4-7,9H,2-3,8H2,1H3,(H,17,18). The monoisotopic (exact) mass is 289 g/mol. The minimum Gasteiger partial charge on any atom is -0.493 e. The van der Waals surface area contributed by atoms with Crippen LogP contribution < -0.4 is 9.47 Å². The van der Waals surface area contributed by atoms with E-state index < -0.39 is 5.97 Å². The Kier molecular flexibility index (Phi) is 3.51.